The molecular formula is C41H44BrN3O7. The Balaban J connectivity index is 1.37. The molecule has 1 unspecified atom stereocenters. The molecule has 0 radical (unpaired) electrons. The van der Waals surface area contributed by atoms with Crippen LogP contribution < -0.4 is 5.32 Å². The molecule has 3 aliphatic heterocycles. The Hall–Kier alpha value is -4.58. The van der Waals surface area contributed by atoms with Crippen molar-refractivity contribution in [2.24, 2.45) is 11.8 Å². The number of halogens is 1. The molecule has 3 fully saturated rings. The monoisotopic (exact) mass is 769 g/mol. The third-order valence-electron chi connectivity index (χ3n) is 10.3. The summed E-state index contributed by atoms with van der Waals surface area (Å²) >= 11 is 3.74. The van der Waals surface area contributed by atoms with Crippen LogP contribution in [0.5, 0.6) is 0 Å². The first kappa shape index (κ1) is 37.2. The molecule has 0 saturated carbocycles. The topological polar surface area (TPSA) is 125 Å². The van der Waals surface area contributed by atoms with E-state index in [1.807, 2.05) is 78.9 Å². The van der Waals surface area contributed by atoms with E-state index in [-0.39, 0.29) is 49.1 Å². The normalized spacial score (nSPS) is 25.5. The lowest BCUT2D eigenvalue weighted by atomic mass is 9.70. The van der Waals surface area contributed by atoms with Crippen molar-refractivity contribution in [3.8, 4) is 0 Å². The molecule has 3 heterocycles. The fraction of sp³-hybridized carbons (Fsp3) is 0.366. The zero-order valence-corrected chi connectivity index (χ0v) is 30.5. The summed E-state index contributed by atoms with van der Waals surface area (Å²) in [5.41, 5.74) is 0.818. The van der Waals surface area contributed by atoms with Gasteiger partial charge in [-0.2, -0.15) is 0 Å². The summed E-state index contributed by atoms with van der Waals surface area (Å²) in [4.78, 5) is 59.6. The molecule has 2 N–H and O–H groups in total. The predicted molar refractivity (Wildman–Crippen MR) is 199 cm³/mol. The lowest BCUT2D eigenvalue weighted by molar-refractivity contribution is -0.161. The number of nitrogens with zero attached hydrogens (tertiary/aromatic N) is 2. The Morgan fingerprint density at radius 2 is 1.63 bits per heavy atom. The highest BCUT2D eigenvalue weighted by Gasteiger charge is 2.77. The fourth-order valence-corrected chi connectivity index (χ4v) is 8.93. The number of amides is 3. The van der Waals surface area contributed by atoms with Gasteiger partial charge >= 0.3 is 5.97 Å². The lowest BCUT2D eigenvalue weighted by Crippen LogP contribution is -2.57. The first-order chi connectivity index (χ1) is 25.2. The maximum absolute atomic E-state index is 15.0. The highest BCUT2D eigenvalue weighted by molar-refractivity contribution is 9.09. The third kappa shape index (κ3) is 7.22. The van der Waals surface area contributed by atoms with E-state index in [4.69, 9.17) is 9.47 Å². The first-order valence-corrected chi connectivity index (χ1v) is 18.5. The molecule has 52 heavy (non-hydrogen) atoms. The minimum absolute atomic E-state index is 0.0231. The van der Waals surface area contributed by atoms with Gasteiger partial charge in [-0.15, -0.1) is 13.2 Å². The molecule has 11 heteroatoms. The standard InChI is InChI=1S/C41H44BrN3O7/c1-3-5-21-33(47)43-24-32(29-19-13-8-14-20-29)51-40(50)34-35-38(48)45(31(26-46)28-17-11-7-12-18-28)37(41(35)23-30(42)36(34)52-41)39(49)44(22-4-2)25-27-15-9-6-10-16-27/h3-4,6-20,30-32,34-37,46H,1-2,5,21-26H2,(H,43,47)/t30?,31-,32+,34+,35-,36+,37+,41-/m1/s1. The van der Waals surface area contributed by atoms with Crippen LogP contribution >= 0.6 is 15.9 Å². The molecule has 2 bridgehead atoms. The van der Waals surface area contributed by atoms with Crippen LogP contribution in [-0.4, -0.2) is 80.9 Å². The summed E-state index contributed by atoms with van der Waals surface area (Å²) in [5.74, 6) is -3.83. The SMILES string of the molecule is C=CCCC(=O)NC[C@H](OC(=O)[C@@H]1[C@H]2O[C@@]3(CC2Br)[C@H](C(=O)N(CC=C)Cc2ccccc2)N([C@H](CO)c2ccccc2)C(=O)[C@@H]13)c1ccccc1. The molecule has 3 aromatic carbocycles. The summed E-state index contributed by atoms with van der Waals surface area (Å²) in [7, 11) is 0. The van der Waals surface area contributed by atoms with Crippen LogP contribution in [-0.2, 0) is 35.2 Å². The number of aliphatic hydroxyl groups excluding tert-OH is 1. The van der Waals surface area contributed by atoms with Gasteiger partial charge < -0.3 is 29.7 Å². The van der Waals surface area contributed by atoms with Crippen LogP contribution in [0, 0.1) is 11.8 Å². The molecule has 3 aromatic rings. The van der Waals surface area contributed by atoms with E-state index in [0.717, 1.165) is 5.56 Å². The molecule has 6 rings (SSSR count). The van der Waals surface area contributed by atoms with Crippen LogP contribution in [0.15, 0.2) is 116 Å². The number of carbonyl (C=O) groups is 4. The Morgan fingerprint density at radius 3 is 2.25 bits per heavy atom. The van der Waals surface area contributed by atoms with Crippen LogP contribution in [0.3, 0.4) is 0 Å². The van der Waals surface area contributed by atoms with Crippen molar-refractivity contribution < 1.29 is 33.8 Å². The Morgan fingerprint density at radius 1 is 1.00 bits per heavy atom. The van der Waals surface area contributed by atoms with Crippen molar-refractivity contribution in [1.82, 2.24) is 15.1 Å². The summed E-state index contributed by atoms with van der Waals surface area (Å²) < 4.78 is 13.0. The number of rotatable bonds is 16. The number of nitrogens with one attached hydrogen (secondary N) is 1. The van der Waals surface area contributed by atoms with Gasteiger partial charge in [-0.25, -0.2) is 0 Å². The number of hydrogen-bond acceptors (Lipinski definition) is 7. The molecule has 10 nitrogen and oxygen atoms in total. The smallest absolute Gasteiger partial charge is 0.313 e. The minimum Gasteiger partial charge on any atom is -0.455 e. The molecule has 1 spiro atoms. The van der Waals surface area contributed by atoms with E-state index >= 15 is 0 Å². The molecule has 8 atom stereocenters. The van der Waals surface area contributed by atoms with Crippen molar-refractivity contribution in [3.05, 3.63) is 133 Å². The lowest BCUT2D eigenvalue weighted by Gasteiger charge is -2.39. The van der Waals surface area contributed by atoms with Gasteiger partial charge in [-0.1, -0.05) is 119 Å². The molecule has 3 saturated heterocycles. The van der Waals surface area contributed by atoms with Crippen molar-refractivity contribution >= 4 is 39.6 Å². The highest BCUT2D eigenvalue weighted by Crippen LogP contribution is 2.61. The van der Waals surface area contributed by atoms with Crippen LogP contribution in [0.2, 0.25) is 0 Å². The predicted octanol–water partition coefficient (Wildman–Crippen LogP) is 5.05. The van der Waals surface area contributed by atoms with E-state index in [0.29, 0.717) is 17.5 Å². The van der Waals surface area contributed by atoms with Gasteiger partial charge in [0, 0.05) is 24.3 Å². The van der Waals surface area contributed by atoms with Gasteiger partial charge in [0.25, 0.3) is 0 Å². The van der Waals surface area contributed by atoms with E-state index in [9.17, 15) is 24.3 Å². The molecule has 3 aliphatic rings. The second-order valence-electron chi connectivity index (χ2n) is 13.5. The van der Waals surface area contributed by atoms with Gasteiger partial charge in [0.05, 0.1) is 37.1 Å². The van der Waals surface area contributed by atoms with Gasteiger partial charge in [-0.3, -0.25) is 19.2 Å². The Bertz CT molecular complexity index is 1760. The highest BCUT2D eigenvalue weighted by atomic mass is 79.9. The molecule has 0 aliphatic carbocycles. The average molecular weight is 771 g/mol. The van der Waals surface area contributed by atoms with Crippen LogP contribution in [0.1, 0.15) is 48.1 Å². The van der Waals surface area contributed by atoms with E-state index in [1.165, 1.54) is 4.90 Å². The fourth-order valence-electron chi connectivity index (χ4n) is 7.99. The van der Waals surface area contributed by atoms with Crippen molar-refractivity contribution in [2.45, 2.75) is 60.5 Å². The van der Waals surface area contributed by atoms with Gasteiger partial charge in [0.1, 0.15) is 17.7 Å². The van der Waals surface area contributed by atoms with E-state index < -0.39 is 60.2 Å². The molecular weight excluding hydrogens is 726 g/mol. The molecule has 3 amide bonds. The summed E-state index contributed by atoms with van der Waals surface area (Å²) in [5, 5.41) is 13.7. The molecule has 0 aromatic heterocycles. The van der Waals surface area contributed by atoms with Crippen molar-refractivity contribution in [1.29, 1.82) is 0 Å². The number of carbonyl (C=O) groups excluding carboxylic acids is 4. The zero-order valence-electron chi connectivity index (χ0n) is 28.9. The second-order valence-corrected chi connectivity index (χ2v) is 14.7. The zero-order chi connectivity index (χ0) is 36.8. The minimum atomic E-state index is -1.39. The number of ether oxygens (including phenoxy) is 2. The first-order valence-electron chi connectivity index (χ1n) is 17.6. The average Bonchev–Trinajstić information content (AvgIpc) is 3.76. The number of aliphatic hydroxyl groups is 1. The maximum atomic E-state index is 15.0. The number of likely N-dealkylation sites (tertiary alicyclic amines) is 1. The van der Waals surface area contributed by atoms with Gasteiger partial charge in [0.2, 0.25) is 17.7 Å². The van der Waals surface area contributed by atoms with E-state index in [1.54, 1.807) is 29.2 Å². The summed E-state index contributed by atoms with van der Waals surface area (Å²) in [6.07, 6.45) is 2.72. The number of esters is 1. The number of alkyl halides is 1. The maximum Gasteiger partial charge on any atom is 0.313 e. The number of hydrogen-bond donors (Lipinski definition) is 2. The number of benzene rings is 3. The number of fused-ring (bicyclic) bond motifs is 1. The Kier molecular flexibility index (Phi) is 11.7. The van der Waals surface area contributed by atoms with Crippen LogP contribution in [0.4, 0.5) is 0 Å². The largest absolute Gasteiger partial charge is 0.455 e. The molecule has 272 valence electrons. The summed E-state index contributed by atoms with van der Waals surface area (Å²) in [6.45, 7) is 7.58. The van der Waals surface area contributed by atoms with Gasteiger partial charge in [0.15, 0.2) is 0 Å². The van der Waals surface area contributed by atoms with Crippen molar-refractivity contribution in [2.75, 3.05) is 19.7 Å². The van der Waals surface area contributed by atoms with Crippen molar-refractivity contribution in [3.63, 3.8) is 0 Å². The van der Waals surface area contributed by atoms with Gasteiger partial charge in [-0.05, 0) is 29.5 Å². The van der Waals surface area contributed by atoms with Crippen LogP contribution in [0.25, 0.3) is 0 Å². The third-order valence-corrected chi connectivity index (χ3v) is 11.1. The second kappa shape index (κ2) is 16.4. The quantitative estimate of drug-likeness (QED) is 0.119. The summed E-state index contributed by atoms with van der Waals surface area (Å²) in [6, 6.07) is 25.6. The number of allylic oxidation sites excluding steroid dienone is 1. The van der Waals surface area contributed by atoms with E-state index in [2.05, 4.69) is 34.4 Å². The Labute approximate surface area is 312 Å².